The number of hydrogen-bond acceptors (Lipinski definition) is 4. The molecule has 2 saturated heterocycles. The first-order valence-corrected chi connectivity index (χ1v) is 6.42. The molecule has 0 bridgehead atoms. The Kier molecular flexibility index (Phi) is 4.26. The highest BCUT2D eigenvalue weighted by Crippen LogP contribution is 2.23. The molecule has 0 aromatic carbocycles. The van der Waals surface area contributed by atoms with E-state index in [0.29, 0.717) is 26.1 Å². The monoisotopic (exact) mass is 272 g/mol. The van der Waals surface area contributed by atoms with Crippen molar-refractivity contribution in [2.75, 3.05) is 33.9 Å². The summed E-state index contributed by atoms with van der Waals surface area (Å²) in [6, 6.07) is -0.929. The van der Waals surface area contributed by atoms with Crippen LogP contribution in [0.3, 0.4) is 0 Å². The minimum Gasteiger partial charge on any atom is -0.480 e. The van der Waals surface area contributed by atoms with Crippen LogP contribution in [0.2, 0.25) is 0 Å². The van der Waals surface area contributed by atoms with Crippen molar-refractivity contribution in [2.24, 2.45) is 0 Å². The number of urea groups is 1. The molecule has 19 heavy (non-hydrogen) atoms. The lowest BCUT2D eigenvalue weighted by Crippen LogP contribution is -2.47. The minimum atomic E-state index is -0.934. The summed E-state index contributed by atoms with van der Waals surface area (Å²) in [6.45, 7) is 1.38. The van der Waals surface area contributed by atoms with Crippen LogP contribution in [0.1, 0.15) is 12.8 Å². The molecule has 7 heteroatoms. The van der Waals surface area contributed by atoms with Gasteiger partial charge in [0.1, 0.15) is 18.2 Å². The number of hydrogen-bond donors (Lipinski definition) is 1. The number of carboxylic acid groups (broad SMARTS) is 1. The van der Waals surface area contributed by atoms with Gasteiger partial charge in [0.05, 0.1) is 13.1 Å². The Labute approximate surface area is 112 Å². The van der Waals surface area contributed by atoms with Gasteiger partial charge in [-0.2, -0.15) is 0 Å². The third kappa shape index (κ3) is 2.66. The fourth-order valence-corrected chi connectivity index (χ4v) is 2.79. The molecule has 0 spiro atoms. The van der Waals surface area contributed by atoms with Crippen LogP contribution in [-0.4, -0.2) is 79.0 Å². The highest BCUT2D eigenvalue weighted by molar-refractivity contribution is 5.83. The molecule has 0 radical (unpaired) electrons. The molecule has 3 atom stereocenters. The van der Waals surface area contributed by atoms with Crippen molar-refractivity contribution >= 4 is 12.0 Å². The lowest BCUT2D eigenvalue weighted by molar-refractivity contribution is -0.141. The predicted octanol–water partition coefficient (Wildman–Crippen LogP) is 0.00100. The van der Waals surface area contributed by atoms with Gasteiger partial charge in [-0.05, 0) is 12.8 Å². The summed E-state index contributed by atoms with van der Waals surface area (Å²) in [6.07, 6.45) is 0.952. The van der Waals surface area contributed by atoms with E-state index in [9.17, 15) is 9.59 Å². The average Bonchev–Trinajstić information content (AvgIpc) is 3.03. The lowest BCUT2D eigenvalue weighted by atomic mass is 10.2. The molecular weight excluding hydrogens is 252 g/mol. The van der Waals surface area contributed by atoms with E-state index in [1.807, 2.05) is 0 Å². The number of methoxy groups -OCH3 is 2. The van der Waals surface area contributed by atoms with Crippen LogP contribution in [-0.2, 0) is 14.3 Å². The Morgan fingerprint density at radius 1 is 1.16 bits per heavy atom. The number of aliphatic carboxylic acids is 1. The molecule has 0 aliphatic carbocycles. The normalized spacial score (nSPS) is 30.9. The number of carboxylic acids is 1. The third-order valence-electron chi connectivity index (χ3n) is 3.87. The van der Waals surface area contributed by atoms with E-state index >= 15 is 0 Å². The largest absolute Gasteiger partial charge is 0.480 e. The second kappa shape index (κ2) is 5.75. The Balaban J connectivity index is 2.02. The van der Waals surface area contributed by atoms with E-state index in [-0.39, 0.29) is 18.2 Å². The first kappa shape index (κ1) is 14.1. The van der Waals surface area contributed by atoms with Crippen LogP contribution in [0.4, 0.5) is 4.79 Å². The zero-order valence-corrected chi connectivity index (χ0v) is 11.2. The zero-order valence-electron chi connectivity index (χ0n) is 11.2. The second-order valence-corrected chi connectivity index (χ2v) is 4.93. The molecule has 0 saturated carbocycles. The SMILES string of the molecule is COC1CN(C(=O)N2CCC[C@H]2C(=O)O)CC1OC. The molecule has 1 N–H and O–H groups in total. The van der Waals surface area contributed by atoms with Gasteiger partial charge in [0.25, 0.3) is 0 Å². The third-order valence-corrected chi connectivity index (χ3v) is 3.87. The van der Waals surface area contributed by atoms with Gasteiger partial charge in [-0.25, -0.2) is 9.59 Å². The van der Waals surface area contributed by atoms with Gasteiger partial charge in [-0.3, -0.25) is 0 Å². The summed E-state index contributed by atoms with van der Waals surface area (Å²) in [5.74, 6) is -0.934. The standard InChI is InChI=1S/C12H20N2O5/c1-18-9-6-13(7-10(9)19-2)12(17)14-5-3-4-8(14)11(15)16/h8-10H,3-7H2,1-2H3,(H,15,16)/t8-,9?,10?/m0/s1. The summed E-state index contributed by atoms with van der Waals surface area (Å²) >= 11 is 0. The Morgan fingerprint density at radius 3 is 2.21 bits per heavy atom. The number of carbonyl (C=O) groups excluding carboxylic acids is 1. The van der Waals surface area contributed by atoms with Crippen molar-refractivity contribution in [2.45, 2.75) is 31.1 Å². The number of nitrogens with zero attached hydrogens (tertiary/aromatic N) is 2. The van der Waals surface area contributed by atoms with Gasteiger partial charge in [0, 0.05) is 20.8 Å². The van der Waals surface area contributed by atoms with Crippen LogP contribution in [0, 0.1) is 0 Å². The van der Waals surface area contributed by atoms with E-state index in [2.05, 4.69) is 0 Å². The quantitative estimate of drug-likeness (QED) is 0.782. The number of likely N-dealkylation sites (tertiary alicyclic amines) is 2. The molecule has 2 heterocycles. The van der Waals surface area contributed by atoms with E-state index in [1.165, 1.54) is 4.90 Å². The Hall–Kier alpha value is -1.34. The molecule has 2 unspecified atom stereocenters. The highest BCUT2D eigenvalue weighted by atomic mass is 16.5. The van der Waals surface area contributed by atoms with Crippen LogP contribution in [0.15, 0.2) is 0 Å². The molecule has 0 aromatic heterocycles. The first-order valence-electron chi connectivity index (χ1n) is 6.42. The van der Waals surface area contributed by atoms with Crippen molar-refractivity contribution in [1.82, 2.24) is 9.80 Å². The molecule has 108 valence electrons. The zero-order chi connectivity index (χ0) is 14.0. The van der Waals surface area contributed by atoms with Crippen molar-refractivity contribution in [3.05, 3.63) is 0 Å². The number of carbonyl (C=O) groups is 2. The van der Waals surface area contributed by atoms with E-state index in [4.69, 9.17) is 14.6 Å². The van der Waals surface area contributed by atoms with Gasteiger partial charge >= 0.3 is 12.0 Å². The fourth-order valence-electron chi connectivity index (χ4n) is 2.79. The molecule has 0 aromatic rings. The van der Waals surface area contributed by atoms with Crippen molar-refractivity contribution in [3.8, 4) is 0 Å². The smallest absolute Gasteiger partial charge is 0.326 e. The maximum absolute atomic E-state index is 12.4. The Morgan fingerprint density at radius 2 is 1.74 bits per heavy atom. The van der Waals surface area contributed by atoms with Crippen LogP contribution >= 0.6 is 0 Å². The van der Waals surface area contributed by atoms with Crippen LogP contribution < -0.4 is 0 Å². The van der Waals surface area contributed by atoms with Gasteiger partial charge in [-0.15, -0.1) is 0 Å². The summed E-state index contributed by atoms with van der Waals surface area (Å²) in [5, 5.41) is 9.11. The van der Waals surface area contributed by atoms with Crippen LogP contribution in [0.5, 0.6) is 0 Å². The maximum Gasteiger partial charge on any atom is 0.326 e. The maximum atomic E-state index is 12.4. The van der Waals surface area contributed by atoms with Gasteiger partial charge in [0.15, 0.2) is 0 Å². The van der Waals surface area contributed by atoms with Crippen LogP contribution in [0.25, 0.3) is 0 Å². The van der Waals surface area contributed by atoms with E-state index in [0.717, 1.165) is 6.42 Å². The average molecular weight is 272 g/mol. The minimum absolute atomic E-state index is 0.153. The summed E-state index contributed by atoms with van der Waals surface area (Å²) in [4.78, 5) is 26.5. The van der Waals surface area contributed by atoms with Crippen molar-refractivity contribution in [3.63, 3.8) is 0 Å². The summed E-state index contributed by atoms with van der Waals surface area (Å²) < 4.78 is 10.6. The lowest BCUT2D eigenvalue weighted by Gasteiger charge is -2.27. The molecule has 2 fully saturated rings. The van der Waals surface area contributed by atoms with Crippen molar-refractivity contribution in [1.29, 1.82) is 0 Å². The van der Waals surface area contributed by atoms with Gasteiger partial charge in [0.2, 0.25) is 0 Å². The molecule has 2 rings (SSSR count). The molecule has 2 aliphatic rings. The number of ether oxygens (including phenoxy) is 2. The number of amides is 2. The Bertz CT molecular complexity index is 350. The summed E-state index contributed by atoms with van der Waals surface area (Å²) in [7, 11) is 3.17. The predicted molar refractivity (Wildman–Crippen MR) is 65.9 cm³/mol. The topological polar surface area (TPSA) is 79.3 Å². The van der Waals surface area contributed by atoms with E-state index in [1.54, 1.807) is 19.1 Å². The highest BCUT2D eigenvalue weighted by Gasteiger charge is 2.41. The van der Waals surface area contributed by atoms with Gasteiger partial charge < -0.3 is 24.4 Å². The molecule has 2 amide bonds. The van der Waals surface area contributed by atoms with E-state index < -0.39 is 12.0 Å². The summed E-state index contributed by atoms with van der Waals surface area (Å²) in [5.41, 5.74) is 0. The van der Waals surface area contributed by atoms with Gasteiger partial charge in [-0.1, -0.05) is 0 Å². The number of rotatable bonds is 3. The second-order valence-electron chi connectivity index (χ2n) is 4.93. The fraction of sp³-hybridized carbons (Fsp3) is 0.833. The molecule has 7 nitrogen and oxygen atoms in total. The van der Waals surface area contributed by atoms with Crippen molar-refractivity contribution < 1.29 is 24.2 Å². The molecule has 2 aliphatic heterocycles. The first-order chi connectivity index (χ1) is 9.08. The molecular formula is C12H20N2O5.